The number of nitrogens with one attached hydrogen (secondary N) is 1. The Hall–Kier alpha value is -1.38. The van der Waals surface area contributed by atoms with E-state index in [-0.39, 0.29) is 0 Å². The van der Waals surface area contributed by atoms with Crippen molar-refractivity contribution >= 4 is 11.6 Å². The number of rotatable bonds is 4. The highest BCUT2D eigenvalue weighted by molar-refractivity contribution is 6.31. The van der Waals surface area contributed by atoms with Gasteiger partial charge in [0.05, 0.1) is 0 Å². The molecule has 2 aromatic rings. The first-order chi connectivity index (χ1) is 8.29. The second-order valence-electron chi connectivity index (χ2n) is 3.99. The van der Waals surface area contributed by atoms with Crippen LogP contribution in [0, 0.1) is 0 Å². The molecule has 0 fully saturated rings. The summed E-state index contributed by atoms with van der Waals surface area (Å²) in [6, 6.07) is 10.2. The largest absolute Gasteiger partial charge is 0.316 e. The fourth-order valence-corrected chi connectivity index (χ4v) is 2.04. The summed E-state index contributed by atoms with van der Waals surface area (Å²) < 4.78 is 0. The quantitative estimate of drug-likeness (QED) is 0.897. The van der Waals surface area contributed by atoms with E-state index in [1.807, 2.05) is 25.4 Å². The van der Waals surface area contributed by atoms with Crippen LogP contribution in [0.25, 0.3) is 0 Å². The molecule has 0 radical (unpaired) electrons. The van der Waals surface area contributed by atoms with Crippen LogP contribution in [0.3, 0.4) is 0 Å². The fourth-order valence-electron chi connectivity index (χ4n) is 1.77. The first-order valence-electron chi connectivity index (χ1n) is 5.60. The molecule has 1 N–H and O–H groups in total. The van der Waals surface area contributed by atoms with E-state index in [2.05, 4.69) is 28.5 Å². The molecule has 0 bridgehead atoms. The molecule has 0 unspecified atom stereocenters. The number of hydrogen-bond donors (Lipinski definition) is 1. The molecule has 1 aromatic heterocycles. The van der Waals surface area contributed by atoms with Crippen molar-refractivity contribution in [3.63, 3.8) is 0 Å². The normalized spacial score (nSPS) is 10.5. The second-order valence-corrected chi connectivity index (χ2v) is 4.40. The predicted molar refractivity (Wildman–Crippen MR) is 71.3 cm³/mol. The van der Waals surface area contributed by atoms with Crippen LogP contribution in [-0.2, 0) is 13.0 Å². The van der Waals surface area contributed by atoms with Gasteiger partial charge in [-0.05, 0) is 35.9 Å². The van der Waals surface area contributed by atoms with Crippen molar-refractivity contribution in [3.05, 3.63) is 64.4 Å². The molecular weight excluding hydrogens is 232 g/mol. The van der Waals surface area contributed by atoms with Crippen molar-refractivity contribution in [2.45, 2.75) is 13.0 Å². The summed E-state index contributed by atoms with van der Waals surface area (Å²) in [6.07, 6.45) is 4.48. The molecule has 88 valence electrons. The van der Waals surface area contributed by atoms with Crippen molar-refractivity contribution in [3.8, 4) is 0 Å². The van der Waals surface area contributed by atoms with E-state index in [4.69, 9.17) is 11.6 Å². The van der Waals surface area contributed by atoms with Gasteiger partial charge in [0, 0.05) is 30.4 Å². The minimum Gasteiger partial charge on any atom is -0.316 e. The van der Waals surface area contributed by atoms with Gasteiger partial charge in [0.2, 0.25) is 0 Å². The summed E-state index contributed by atoms with van der Waals surface area (Å²) in [7, 11) is 1.93. The van der Waals surface area contributed by atoms with Gasteiger partial charge >= 0.3 is 0 Å². The summed E-state index contributed by atoms with van der Waals surface area (Å²) >= 11 is 6.27. The third kappa shape index (κ3) is 3.29. The fraction of sp³-hybridized carbons (Fsp3) is 0.214. The van der Waals surface area contributed by atoms with E-state index < -0.39 is 0 Å². The average Bonchev–Trinajstić information content (AvgIpc) is 2.34. The minimum absolute atomic E-state index is 0.821. The Labute approximate surface area is 107 Å². The lowest BCUT2D eigenvalue weighted by Gasteiger charge is -2.07. The molecule has 0 saturated heterocycles. The zero-order valence-electron chi connectivity index (χ0n) is 9.78. The number of halogens is 1. The molecule has 2 nitrogen and oxygen atoms in total. The van der Waals surface area contributed by atoms with Crippen molar-refractivity contribution in [2.75, 3.05) is 7.05 Å². The molecule has 1 aromatic carbocycles. The van der Waals surface area contributed by atoms with E-state index in [0.29, 0.717) is 0 Å². The lowest BCUT2D eigenvalue weighted by Crippen LogP contribution is -2.05. The molecule has 1 heterocycles. The summed E-state index contributed by atoms with van der Waals surface area (Å²) in [5, 5.41) is 3.93. The van der Waals surface area contributed by atoms with Gasteiger partial charge in [-0.25, -0.2) is 0 Å². The van der Waals surface area contributed by atoms with Crippen LogP contribution < -0.4 is 5.32 Å². The van der Waals surface area contributed by atoms with Crippen LogP contribution in [0.4, 0.5) is 0 Å². The Kier molecular flexibility index (Phi) is 4.13. The van der Waals surface area contributed by atoms with Crippen LogP contribution >= 0.6 is 11.6 Å². The van der Waals surface area contributed by atoms with Crippen molar-refractivity contribution in [1.29, 1.82) is 0 Å². The van der Waals surface area contributed by atoms with Gasteiger partial charge in [0.25, 0.3) is 0 Å². The Morgan fingerprint density at radius 3 is 2.76 bits per heavy atom. The Morgan fingerprint density at radius 1 is 1.24 bits per heavy atom. The topological polar surface area (TPSA) is 24.9 Å². The number of aromatic nitrogens is 1. The van der Waals surface area contributed by atoms with E-state index in [0.717, 1.165) is 23.6 Å². The van der Waals surface area contributed by atoms with E-state index >= 15 is 0 Å². The molecule has 0 spiro atoms. The van der Waals surface area contributed by atoms with Crippen LogP contribution in [0.1, 0.15) is 16.7 Å². The smallest absolute Gasteiger partial charge is 0.0444 e. The number of hydrogen-bond acceptors (Lipinski definition) is 2. The summed E-state index contributed by atoms with van der Waals surface area (Å²) in [5.41, 5.74) is 3.52. The van der Waals surface area contributed by atoms with E-state index in [9.17, 15) is 0 Å². The third-order valence-electron chi connectivity index (χ3n) is 2.62. The SMILES string of the molecule is CNCc1ccc(Cc2cccnc2)c(Cl)c1. The molecule has 0 aliphatic rings. The molecular formula is C14H15ClN2. The summed E-state index contributed by atoms with van der Waals surface area (Å²) in [6.45, 7) is 0.840. The highest BCUT2D eigenvalue weighted by atomic mass is 35.5. The molecule has 3 heteroatoms. The molecule has 0 saturated carbocycles. The van der Waals surface area contributed by atoms with Gasteiger partial charge < -0.3 is 5.32 Å². The molecule has 0 atom stereocenters. The number of pyridine rings is 1. The minimum atomic E-state index is 0.821. The lowest BCUT2D eigenvalue weighted by atomic mass is 10.0. The zero-order valence-corrected chi connectivity index (χ0v) is 10.5. The number of nitrogens with zero attached hydrogens (tertiary/aromatic N) is 1. The first kappa shape index (κ1) is 12.1. The Balaban J connectivity index is 2.17. The van der Waals surface area contributed by atoms with Gasteiger partial charge in [0.15, 0.2) is 0 Å². The molecule has 0 amide bonds. The van der Waals surface area contributed by atoms with Gasteiger partial charge in [-0.3, -0.25) is 4.98 Å². The summed E-state index contributed by atoms with van der Waals surface area (Å²) in [5.74, 6) is 0. The molecule has 0 aliphatic carbocycles. The van der Waals surface area contributed by atoms with Crippen molar-refractivity contribution in [1.82, 2.24) is 10.3 Å². The maximum atomic E-state index is 6.27. The highest BCUT2D eigenvalue weighted by Crippen LogP contribution is 2.20. The zero-order chi connectivity index (χ0) is 12.1. The maximum absolute atomic E-state index is 6.27. The Morgan fingerprint density at radius 2 is 2.12 bits per heavy atom. The van der Waals surface area contributed by atoms with Crippen LogP contribution in [0.2, 0.25) is 5.02 Å². The summed E-state index contributed by atoms with van der Waals surface area (Å²) in [4.78, 5) is 4.10. The molecule has 2 rings (SSSR count). The predicted octanol–water partition coefficient (Wildman–Crippen LogP) is 3.05. The van der Waals surface area contributed by atoms with Gasteiger partial charge in [0.1, 0.15) is 0 Å². The van der Waals surface area contributed by atoms with Gasteiger partial charge in [-0.1, -0.05) is 29.8 Å². The van der Waals surface area contributed by atoms with Crippen molar-refractivity contribution < 1.29 is 0 Å². The Bertz CT molecular complexity index is 483. The molecule has 0 aliphatic heterocycles. The van der Waals surface area contributed by atoms with Gasteiger partial charge in [-0.2, -0.15) is 0 Å². The first-order valence-corrected chi connectivity index (χ1v) is 5.98. The van der Waals surface area contributed by atoms with E-state index in [1.165, 1.54) is 11.1 Å². The standard InChI is InChI=1S/C14H15ClN2/c1-16-9-12-4-5-13(14(15)8-12)7-11-3-2-6-17-10-11/h2-6,8,10,16H,7,9H2,1H3. The van der Waals surface area contributed by atoms with Crippen molar-refractivity contribution in [2.24, 2.45) is 0 Å². The maximum Gasteiger partial charge on any atom is 0.0444 e. The van der Waals surface area contributed by atoms with Crippen LogP contribution in [-0.4, -0.2) is 12.0 Å². The average molecular weight is 247 g/mol. The van der Waals surface area contributed by atoms with Crippen LogP contribution in [0.15, 0.2) is 42.7 Å². The number of benzene rings is 1. The van der Waals surface area contributed by atoms with E-state index in [1.54, 1.807) is 6.20 Å². The third-order valence-corrected chi connectivity index (χ3v) is 2.97. The molecule has 17 heavy (non-hydrogen) atoms. The second kappa shape index (κ2) is 5.80. The highest BCUT2D eigenvalue weighted by Gasteiger charge is 2.03. The lowest BCUT2D eigenvalue weighted by molar-refractivity contribution is 0.817. The van der Waals surface area contributed by atoms with Crippen LogP contribution in [0.5, 0.6) is 0 Å². The monoisotopic (exact) mass is 246 g/mol. The van der Waals surface area contributed by atoms with Gasteiger partial charge in [-0.15, -0.1) is 0 Å².